The van der Waals surface area contributed by atoms with Crippen molar-refractivity contribution in [3.63, 3.8) is 0 Å². The van der Waals surface area contributed by atoms with Crippen molar-refractivity contribution >= 4 is 0 Å². The molecule has 0 radical (unpaired) electrons. The van der Waals surface area contributed by atoms with E-state index in [4.69, 9.17) is 4.74 Å². The summed E-state index contributed by atoms with van der Waals surface area (Å²) in [4.78, 5) is 0. The van der Waals surface area contributed by atoms with Crippen LogP contribution in [-0.4, -0.2) is 24.8 Å². The van der Waals surface area contributed by atoms with E-state index >= 15 is 0 Å². The van der Waals surface area contributed by atoms with Gasteiger partial charge in [0.05, 0.1) is 11.7 Å². The number of hydrogen-bond donors (Lipinski definition) is 1. The Morgan fingerprint density at radius 2 is 1.92 bits per heavy atom. The summed E-state index contributed by atoms with van der Waals surface area (Å²) < 4.78 is 6.04. The first-order valence-corrected chi connectivity index (χ1v) is 5.52. The van der Waals surface area contributed by atoms with Gasteiger partial charge in [-0.25, -0.2) is 0 Å². The third-order valence-electron chi connectivity index (χ3n) is 2.59. The zero-order valence-electron chi connectivity index (χ0n) is 9.23. The highest BCUT2D eigenvalue weighted by Crippen LogP contribution is 2.25. The van der Waals surface area contributed by atoms with Crippen molar-refractivity contribution < 1.29 is 4.74 Å². The highest BCUT2D eigenvalue weighted by molar-refractivity contribution is 4.76. The first kappa shape index (κ1) is 11.0. The second-order valence-electron chi connectivity index (χ2n) is 4.56. The molecule has 0 atom stereocenters. The Hall–Kier alpha value is -0.0800. The summed E-state index contributed by atoms with van der Waals surface area (Å²) in [6.07, 6.45) is 5.74. The maximum Gasteiger partial charge on any atom is 0.0754 e. The van der Waals surface area contributed by atoms with Gasteiger partial charge in [-0.3, -0.25) is 0 Å². The molecule has 78 valence electrons. The first-order valence-electron chi connectivity index (χ1n) is 5.52. The fourth-order valence-corrected chi connectivity index (χ4v) is 1.93. The number of nitrogens with one attached hydrogen (secondary N) is 1. The minimum atomic E-state index is 0.00498. The zero-order valence-corrected chi connectivity index (χ0v) is 9.23. The van der Waals surface area contributed by atoms with Crippen LogP contribution in [0, 0.1) is 0 Å². The van der Waals surface area contributed by atoms with Gasteiger partial charge in [-0.1, -0.05) is 19.8 Å². The fraction of sp³-hybridized carbons (Fsp3) is 1.00. The standard InChI is InChI=1S/C11H23NO/c1-4-12-9-11(2,3)13-10-7-5-6-8-10/h10,12H,4-9H2,1-3H3. The maximum absolute atomic E-state index is 6.04. The van der Waals surface area contributed by atoms with Crippen LogP contribution in [0.25, 0.3) is 0 Å². The van der Waals surface area contributed by atoms with Crippen LogP contribution in [0.15, 0.2) is 0 Å². The summed E-state index contributed by atoms with van der Waals surface area (Å²) in [6, 6.07) is 0. The number of rotatable bonds is 5. The molecule has 0 heterocycles. The summed E-state index contributed by atoms with van der Waals surface area (Å²) in [5, 5.41) is 3.34. The largest absolute Gasteiger partial charge is 0.371 e. The summed E-state index contributed by atoms with van der Waals surface area (Å²) in [5.41, 5.74) is 0.00498. The van der Waals surface area contributed by atoms with Crippen LogP contribution in [0.2, 0.25) is 0 Å². The molecule has 1 saturated carbocycles. The van der Waals surface area contributed by atoms with Gasteiger partial charge in [0, 0.05) is 6.54 Å². The topological polar surface area (TPSA) is 21.3 Å². The molecular formula is C11H23NO. The van der Waals surface area contributed by atoms with E-state index in [-0.39, 0.29) is 5.60 Å². The van der Waals surface area contributed by atoms with E-state index in [1.165, 1.54) is 25.7 Å². The predicted molar refractivity (Wildman–Crippen MR) is 56.0 cm³/mol. The van der Waals surface area contributed by atoms with Gasteiger partial charge < -0.3 is 10.1 Å². The summed E-state index contributed by atoms with van der Waals surface area (Å²) >= 11 is 0. The lowest BCUT2D eigenvalue weighted by Gasteiger charge is -2.29. The van der Waals surface area contributed by atoms with E-state index in [1.807, 2.05) is 0 Å². The predicted octanol–water partition coefficient (Wildman–Crippen LogP) is 2.33. The minimum Gasteiger partial charge on any atom is -0.371 e. The van der Waals surface area contributed by atoms with E-state index in [0.717, 1.165) is 13.1 Å². The third-order valence-corrected chi connectivity index (χ3v) is 2.59. The van der Waals surface area contributed by atoms with Gasteiger partial charge in [-0.15, -0.1) is 0 Å². The Labute approximate surface area is 82.0 Å². The van der Waals surface area contributed by atoms with Gasteiger partial charge in [0.15, 0.2) is 0 Å². The molecule has 0 spiro atoms. The zero-order chi connectivity index (χ0) is 9.73. The number of ether oxygens (including phenoxy) is 1. The molecule has 0 bridgehead atoms. The average molecular weight is 185 g/mol. The molecule has 0 unspecified atom stereocenters. The molecule has 2 nitrogen and oxygen atoms in total. The van der Waals surface area contributed by atoms with Crippen molar-refractivity contribution in [1.82, 2.24) is 5.32 Å². The van der Waals surface area contributed by atoms with E-state index in [1.54, 1.807) is 0 Å². The van der Waals surface area contributed by atoms with Crippen LogP contribution in [0.3, 0.4) is 0 Å². The lowest BCUT2D eigenvalue weighted by molar-refractivity contribution is -0.0660. The molecule has 0 aliphatic heterocycles. The lowest BCUT2D eigenvalue weighted by atomic mass is 10.1. The molecule has 0 aromatic carbocycles. The van der Waals surface area contributed by atoms with Crippen LogP contribution in [0.4, 0.5) is 0 Å². The van der Waals surface area contributed by atoms with Crippen molar-refractivity contribution in [2.45, 2.75) is 58.2 Å². The van der Waals surface area contributed by atoms with Crippen LogP contribution in [0.1, 0.15) is 46.5 Å². The van der Waals surface area contributed by atoms with Crippen molar-refractivity contribution in [3.8, 4) is 0 Å². The Bertz CT molecular complexity index is 139. The molecule has 1 N–H and O–H groups in total. The van der Waals surface area contributed by atoms with Gasteiger partial charge in [0.1, 0.15) is 0 Å². The molecule has 2 heteroatoms. The first-order chi connectivity index (χ1) is 6.14. The van der Waals surface area contributed by atoms with Gasteiger partial charge >= 0.3 is 0 Å². The molecule has 0 aromatic rings. The quantitative estimate of drug-likeness (QED) is 0.710. The molecule has 13 heavy (non-hydrogen) atoms. The van der Waals surface area contributed by atoms with Crippen LogP contribution in [-0.2, 0) is 4.74 Å². The van der Waals surface area contributed by atoms with Crippen LogP contribution in [0.5, 0.6) is 0 Å². The monoisotopic (exact) mass is 185 g/mol. The number of likely N-dealkylation sites (N-methyl/N-ethyl adjacent to an activating group) is 1. The van der Waals surface area contributed by atoms with E-state index in [0.29, 0.717) is 6.10 Å². The molecule has 1 aliphatic carbocycles. The van der Waals surface area contributed by atoms with Crippen molar-refractivity contribution in [3.05, 3.63) is 0 Å². The minimum absolute atomic E-state index is 0.00498. The normalized spacial score (nSPS) is 19.6. The molecule has 0 saturated heterocycles. The summed E-state index contributed by atoms with van der Waals surface area (Å²) in [6.45, 7) is 8.46. The summed E-state index contributed by atoms with van der Waals surface area (Å²) in [7, 11) is 0. The summed E-state index contributed by atoms with van der Waals surface area (Å²) in [5.74, 6) is 0. The van der Waals surface area contributed by atoms with Crippen molar-refractivity contribution in [1.29, 1.82) is 0 Å². The molecule has 0 amide bonds. The van der Waals surface area contributed by atoms with Crippen LogP contribution >= 0.6 is 0 Å². The highest BCUT2D eigenvalue weighted by Gasteiger charge is 2.25. The van der Waals surface area contributed by atoms with Gasteiger partial charge in [0.25, 0.3) is 0 Å². The maximum atomic E-state index is 6.04. The molecule has 1 rings (SSSR count). The smallest absolute Gasteiger partial charge is 0.0754 e. The average Bonchev–Trinajstić information content (AvgIpc) is 2.52. The Balaban J connectivity index is 2.23. The molecular weight excluding hydrogens is 162 g/mol. The molecule has 1 fully saturated rings. The van der Waals surface area contributed by atoms with Gasteiger partial charge in [-0.2, -0.15) is 0 Å². The molecule has 0 aromatic heterocycles. The lowest BCUT2D eigenvalue weighted by Crippen LogP contribution is -2.40. The van der Waals surface area contributed by atoms with E-state index in [2.05, 4.69) is 26.1 Å². The second-order valence-corrected chi connectivity index (χ2v) is 4.56. The van der Waals surface area contributed by atoms with Crippen molar-refractivity contribution in [2.75, 3.05) is 13.1 Å². The van der Waals surface area contributed by atoms with E-state index < -0.39 is 0 Å². The van der Waals surface area contributed by atoms with E-state index in [9.17, 15) is 0 Å². The molecule has 1 aliphatic rings. The van der Waals surface area contributed by atoms with Crippen LogP contribution < -0.4 is 5.32 Å². The fourth-order valence-electron chi connectivity index (χ4n) is 1.93. The number of hydrogen-bond acceptors (Lipinski definition) is 2. The van der Waals surface area contributed by atoms with Gasteiger partial charge in [-0.05, 0) is 33.2 Å². The highest BCUT2D eigenvalue weighted by atomic mass is 16.5. The van der Waals surface area contributed by atoms with Gasteiger partial charge in [0.2, 0.25) is 0 Å². The van der Waals surface area contributed by atoms with Crippen molar-refractivity contribution in [2.24, 2.45) is 0 Å². The third kappa shape index (κ3) is 4.10. The second kappa shape index (κ2) is 4.97. The Morgan fingerprint density at radius 1 is 1.31 bits per heavy atom. The Kier molecular flexibility index (Phi) is 4.20. The Morgan fingerprint density at radius 3 is 2.46 bits per heavy atom. The SMILES string of the molecule is CCNCC(C)(C)OC1CCCC1.